The molecule has 0 radical (unpaired) electrons. The number of benzene rings is 2. The van der Waals surface area contributed by atoms with Gasteiger partial charge in [0.2, 0.25) is 0 Å². The molecule has 1 aromatic heterocycles. The van der Waals surface area contributed by atoms with Gasteiger partial charge in [-0.25, -0.2) is 0 Å². The molecule has 1 heterocycles. The van der Waals surface area contributed by atoms with E-state index in [9.17, 15) is 4.79 Å². The number of halogens is 1. The lowest BCUT2D eigenvalue weighted by Gasteiger charge is -2.19. The van der Waals surface area contributed by atoms with Crippen LogP contribution in [0.2, 0.25) is 5.02 Å². The molecule has 1 N–H and O–H groups in total. The van der Waals surface area contributed by atoms with E-state index >= 15 is 0 Å². The molecule has 2 aromatic carbocycles. The van der Waals surface area contributed by atoms with Crippen molar-refractivity contribution in [1.29, 1.82) is 0 Å². The van der Waals surface area contributed by atoms with Crippen molar-refractivity contribution < 1.29 is 9.53 Å². The Morgan fingerprint density at radius 3 is 2.40 bits per heavy atom. The third-order valence-electron chi connectivity index (χ3n) is 3.61. The van der Waals surface area contributed by atoms with Gasteiger partial charge in [-0.2, -0.15) is 0 Å². The summed E-state index contributed by atoms with van der Waals surface area (Å²) in [6.45, 7) is -0.0855. The SMILES string of the molecule is O=C(COc1ccc(Cl)cc1)N[C@H](c1ccccc1)c1ccccn1. The number of hydrogen-bond donors (Lipinski definition) is 1. The monoisotopic (exact) mass is 352 g/mol. The summed E-state index contributed by atoms with van der Waals surface area (Å²) in [5.74, 6) is 0.364. The number of hydrogen-bond acceptors (Lipinski definition) is 3. The molecule has 126 valence electrons. The first-order valence-corrected chi connectivity index (χ1v) is 8.24. The second-order valence-corrected chi connectivity index (χ2v) is 5.84. The molecule has 0 unspecified atom stereocenters. The van der Waals surface area contributed by atoms with E-state index in [0.717, 1.165) is 11.3 Å². The van der Waals surface area contributed by atoms with E-state index in [4.69, 9.17) is 16.3 Å². The van der Waals surface area contributed by atoms with E-state index in [0.29, 0.717) is 10.8 Å². The molecule has 0 bridgehead atoms. The van der Waals surface area contributed by atoms with E-state index in [1.54, 1.807) is 30.5 Å². The van der Waals surface area contributed by atoms with Gasteiger partial charge in [-0.3, -0.25) is 9.78 Å². The molecule has 3 aromatic rings. The van der Waals surface area contributed by atoms with E-state index in [1.165, 1.54) is 0 Å². The second kappa shape index (κ2) is 8.31. The van der Waals surface area contributed by atoms with Gasteiger partial charge >= 0.3 is 0 Å². The minimum atomic E-state index is -0.330. The third kappa shape index (κ3) is 4.81. The summed E-state index contributed by atoms with van der Waals surface area (Å²) in [6, 6.07) is 21.9. The van der Waals surface area contributed by atoms with Gasteiger partial charge in [-0.1, -0.05) is 48.0 Å². The maximum Gasteiger partial charge on any atom is 0.258 e. The molecule has 0 aliphatic carbocycles. The lowest BCUT2D eigenvalue weighted by Crippen LogP contribution is -2.33. The summed E-state index contributed by atoms with van der Waals surface area (Å²) >= 11 is 5.84. The summed E-state index contributed by atoms with van der Waals surface area (Å²) < 4.78 is 5.50. The number of amides is 1. The van der Waals surface area contributed by atoms with Crippen molar-refractivity contribution in [3.8, 4) is 5.75 Å². The molecule has 4 nitrogen and oxygen atoms in total. The Labute approximate surface area is 151 Å². The second-order valence-electron chi connectivity index (χ2n) is 5.41. The Hall–Kier alpha value is -2.85. The minimum absolute atomic E-state index is 0.0855. The van der Waals surface area contributed by atoms with Gasteiger partial charge in [-0.15, -0.1) is 0 Å². The number of carbonyl (C=O) groups excluding carboxylic acids is 1. The van der Waals surface area contributed by atoms with Crippen molar-refractivity contribution in [1.82, 2.24) is 10.3 Å². The Kier molecular flexibility index (Phi) is 5.65. The molecular weight excluding hydrogens is 336 g/mol. The van der Waals surface area contributed by atoms with Crippen LogP contribution in [0.25, 0.3) is 0 Å². The Bertz CT molecular complexity index is 769. The fraction of sp³-hybridized carbons (Fsp3) is 0.100. The van der Waals surface area contributed by atoms with Gasteiger partial charge in [0.25, 0.3) is 5.91 Å². The summed E-state index contributed by atoms with van der Waals surface area (Å²) in [4.78, 5) is 16.7. The number of aromatic nitrogens is 1. The van der Waals surface area contributed by atoms with Crippen LogP contribution in [0.15, 0.2) is 79.0 Å². The largest absolute Gasteiger partial charge is 0.484 e. The molecule has 0 aliphatic heterocycles. The van der Waals surface area contributed by atoms with Crippen LogP contribution in [0.5, 0.6) is 5.75 Å². The maximum absolute atomic E-state index is 12.4. The lowest BCUT2D eigenvalue weighted by atomic mass is 10.0. The highest BCUT2D eigenvalue weighted by Gasteiger charge is 2.18. The van der Waals surface area contributed by atoms with Crippen LogP contribution in [0.4, 0.5) is 0 Å². The first-order chi connectivity index (χ1) is 12.2. The third-order valence-corrected chi connectivity index (χ3v) is 3.86. The topological polar surface area (TPSA) is 51.2 Å². The lowest BCUT2D eigenvalue weighted by molar-refractivity contribution is -0.123. The van der Waals surface area contributed by atoms with Crippen LogP contribution in [-0.2, 0) is 4.79 Å². The molecule has 0 saturated heterocycles. The van der Waals surface area contributed by atoms with Crippen LogP contribution in [-0.4, -0.2) is 17.5 Å². The van der Waals surface area contributed by atoms with Crippen LogP contribution >= 0.6 is 11.6 Å². The van der Waals surface area contributed by atoms with Gasteiger partial charge in [0.1, 0.15) is 5.75 Å². The van der Waals surface area contributed by atoms with Gasteiger partial charge in [0, 0.05) is 11.2 Å². The van der Waals surface area contributed by atoms with Crippen molar-refractivity contribution >= 4 is 17.5 Å². The van der Waals surface area contributed by atoms with E-state index in [1.807, 2.05) is 48.5 Å². The van der Waals surface area contributed by atoms with Crippen molar-refractivity contribution in [2.75, 3.05) is 6.61 Å². The highest BCUT2D eigenvalue weighted by Crippen LogP contribution is 2.20. The molecule has 1 atom stereocenters. The van der Waals surface area contributed by atoms with Crippen LogP contribution in [0.3, 0.4) is 0 Å². The van der Waals surface area contributed by atoms with Crippen LogP contribution < -0.4 is 10.1 Å². The van der Waals surface area contributed by atoms with Crippen molar-refractivity contribution in [2.45, 2.75) is 6.04 Å². The van der Waals surface area contributed by atoms with Gasteiger partial charge in [0.15, 0.2) is 6.61 Å². The quantitative estimate of drug-likeness (QED) is 0.729. The summed E-state index contributed by atoms with van der Waals surface area (Å²) in [5, 5.41) is 3.60. The number of nitrogens with one attached hydrogen (secondary N) is 1. The van der Waals surface area contributed by atoms with E-state index < -0.39 is 0 Å². The predicted molar refractivity (Wildman–Crippen MR) is 97.6 cm³/mol. The zero-order chi connectivity index (χ0) is 17.5. The Morgan fingerprint density at radius 1 is 1.00 bits per heavy atom. The first-order valence-electron chi connectivity index (χ1n) is 7.86. The smallest absolute Gasteiger partial charge is 0.258 e. The van der Waals surface area contributed by atoms with E-state index in [2.05, 4.69) is 10.3 Å². The average Bonchev–Trinajstić information content (AvgIpc) is 2.67. The Balaban J connectivity index is 1.69. The highest BCUT2D eigenvalue weighted by atomic mass is 35.5. The highest BCUT2D eigenvalue weighted by molar-refractivity contribution is 6.30. The van der Waals surface area contributed by atoms with Gasteiger partial charge < -0.3 is 10.1 Å². The van der Waals surface area contributed by atoms with Crippen LogP contribution in [0, 0.1) is 0 Å². The molecular formula is C20H17ClN2O2. The summed E-state index contributed by atoms with van der Waals surface area (Å²) in [7, 11) is 0. The number of carbonyl (C=O) groups is 1. The summed E-state index contributed by atoms with van der Waals surface area (Å²) in [5.41, 5.74) is 1.73. The van der Waals surface area contributed by atoms with Crippen LogP contribution in [0.1, 0.15) is 17.3 Å². The zero-order valence-electron chi connectivity index (χ0n) is 13.4. The Morgan fingerprint density at radius 2 is 1.72 bits per heavy atom. The number of ether oxygens (including phenoxy) is 1. The summed E-state index contributed by atoms with van der Waals surface area (Å²) in [6.07, 6.45) is 1.71. The fourth-order valence-corrected chi connectivity index (χ4v) is 2.53. The normalized spacial score (nSPS) is 11.6. The average molecular weight is 353 g/mol. The zero-order valence-corrected chi connectivity index (χ0v) is 14.2. The van der Waals surface area contributed by atoms with Crippen molar-refractivity contribution in [2.24, 2.45) is 0 Å². The van der Waals surface area contributed by atoms with Gasteiger partial charge in [-0.05, 0) is 42.0 Å². The number of pyridine rings is 1. The minimum Gasteiger partial charge on any atom is -0.484 e. The fourth-order valence-electron chi connectivity index (χ4n) is 2.40. The van der Waals surface area contributed by atoms with Crippen molar-refractivity contribution in [3.63, 3.8) is 0 Å². The molecule has 0 saturated carbocycles. The maximum atomic E-state index is 12.4. The predicted octanol–water partition coefficient (Wildman–Crippen LogP) is 4.02. The molecule has 1 amide bonds. The first kappa shape index (κ1) is 17.0. The van der Waals surface area contributed by atoms with Gasteiger partial charge in [0.05, 0.1) is 11.7 Å². The molecule has 25 heavy (non-hydrogen) atoms. The number of nitrogens with zero attached hydrogens (tertiary/aromatic N) is 1. The molecule has 0 fully saturated rings. The standard InChI is InChI=1S/C20H17ClN2O2/c21-16-9-11-17(12-10-16)25-14-19(24)23-20(15-6-2-1-3-7-15)18-8-4-5-13-22-18/h1-13,20H,14H2,(H,23,24)/t20-/m1/s1. The van der Waals surface area contributed by atoms with Crippen molar-refractivity contribution in [3.05, 3.63) is 95.3 Å². The molecule has 0 spiro atoms. The molecule has 5 heteroatoms. The molecule has 0 aliphatic rings. The van der Waals surface area contributed by atoms with E-state index in [-0.39, 0.29) is 18.6 Å². The number of rotatable bonds is 6. The molecule has 3 rings (SSSR count).